The maximum Gasteiger partial charge on any atom is 0.242 e. The van der Waals surface area contributed by atoms with E-state index in [2.05, 4.69) is 15.4 Å². The molecule has 1 aromatic rings. The molecule has 0 saturated heterocycles. The van der Waals surface area contributed by atoms with E-state index in [1.54, 1.807) is 25.1 Å². The van der Waals surface area contributed by atoms with Crippen LogP contribution >= 0.6 is 0 Å². The van der Waals surface area contributed by atoms with Gasteiger partial charge in [-0.05, 0) is 45.9 Å². The third-order valence-electron chi connectivity index (χ3n) is 2.77. The Morgan fingerprint density at radius 1 is 1.26 bits per heavy atom. The van der Waals surface area contributed by atoms with Crippen LogP contribution in [0, 0.1) is 0 Å². The minimum atomic E-state index is -3.43. The van der Waals surface area contributed by atoms with Crippen LogP contribution < -0.4 is 20.1 Å². The number of amides is 1. The Kier molecular flexibility index (Phi) is 5.87. The van der Waals surface area contributed by atoms with E-state index in [4.69, 9.17) is 4.74 Å². The van der Waals surface area contributed by atoms with Gasteiger partial charge in [0.05, 0.1) is 19.1 Å². The second-order valence-corrected chi connectivity index (χ2v) is 8.14. The van der Waals surface area contributed by atoms with Crippen LogP contribution in [0.2, 0.25) is 0 Å². The third kappa shape index (κ3) is 6.77. The van der Waals surface area contributed by atoms with Crippen molar-refractivity contribution in [2.24, 2.45) is 0 Å². The van der Waals surface area contributed by atoms with Gasteiger partial charge in [0.25, 0.3) is 0 Å². The number of carbonyl (C=O) groups excluding carboxylic acids is 1. The van der Waals surface area contributed by atoms with E-state index in [1.807, 2.05) is 20.8 Å². The lowest BCUT2D eigenvalue weighted by Gasteiger charge is -2.24. The maximum absolute atomic E-state index is 12.1. The van der Waals surface area contributed by atoms with Gasteiger partial charge in [0.1, 0.15) is 11.8 Å². The van der Waals surface area contributed by atoms with Crippen molar-refractivity contribution in [1.82, 2.24) is 5.32 Å². The molecule has 130 valence electrons. The molecule has 0 aliphatic heterocycles. The van der Waals surface area contributed by atoms with Gasteiger partial charge >= 0.3 is 0 Å². The van der Waals surface area contributed by atoms with Gasteiger partial charge in [0.15, 0.2) is 0 Å². The molecule has 0 heterocycles. The van der Waals surface area contributed by atoms with Crippen LogP contribution in [0.4, 0.5) is 11.4 Å². The molecule has 0 radical (unpaired) electrons. The molecule has 0 aliphatic carbocycles. The molecule has 0 unspecified atom stereocenters. The number of rotatable bonds is 6. The smallest absolute Gasteiger partial charge is 0.242 e. The van der Waals surface area contributed by atoms with E-state index in [0.717, 1.165) is 6.26 Å². The fourth-order valence-corrected chi connectivity index (χ4v) is 2.43. The first-order chi connectivity index (χ1) is 10.4. The van der Waals surface area contributed by atoms with Crippen LogP contribution in [-0.2, 0) is 14.8 Å². The van der Waals surface area contributed by atoms with E-state index >= 15 is 0 Å². The molecule has 0 aliphatic rings. The van der Waals surface area contributed by atoms with Gasteiger partial charge in [-0.3, -0.25) is 9.52 Å². The summed E-state index contributed by atoms with van der Waals surface area (Å²) in [5.74, 6) is 0.249. The first-order valence-electron chi connectivity index (χ1n) is 7.15. The zero-order valence-corrected chi connectivity index (χ0v) is 15.2. The Morgan fingerprint density at radius 2 is 1.87 bits per heavy atom. The van der Waals surface area contributed by atoms with Crippen molar-refractivity contribution >= 4 is 27.3 Å². The Morgan fingerprint density at radius 3 is 2.35 bits per heavy atom. The van der Waals surface area contributed by atoms with Gasteiger partial charge in [0, 0.05) is 11.2 Å². The van der Waals surface area contributed by atoms with E-state index in [1.165, 1.54) is 7.11 Å². The number of anilines is 2. The highest BCUT2D eigenvalue weighted by Crippen LogP contribution is 2.28. The summed E-state index contributed by atoms with van der Waals surface area (Å²) in [5, 5.41) is 5.92. The molecule has 0 aromatic heterocycles. The molecule has 3 N–H and O–H groups in total. The summed E-state index contributed by atoms with van der Waals surface area (Å²) in [6.45, 7) is 7.44. The molecule has 7 nitrogen and oxygen atoms in total. The van der Waals surface area contributed by atoms with Gasteiger partial charge in [-0.1, -0.05) is 0 Å². The molecule has 1 rings (SSSR count). The predicted octanol–water partition coefficient (Wildman–Crippen LogP) is 1.78. The van der Waals surface area contributed by atoms with E-state index in [-0.39, 0.29) is 11.4 Å². The molecule has 0 saturated carbocycles. The molecule has 0 bridgehead atoms. The number of methoxy groups -OCH3 is 1. The molecule has 23 heavy (non-hydrogen) atoms. The number of hydrogen-bond acceptors (Lipinski definition) is 5. The van der Waals surface area contributed by atoms with Crippen LogP contribution in [-0.4, -0.2) is 39.3 Å². The highest BCUT2D eigenvalue weighted by molar-refractivity contribution is 7.92. The van der Waals surface area contributed by atoms with Gasteiger partial charge in [-0.25, -0.2) is 8.42 Å². The number of benzene rings is 1. The monoisotopic (exact) mass is 343 g/mol. The number of carbonyl (C=O) groups is 1. The molecular formula is C15H25N3O4S. The zero-order valence-electron chi connectivity index (χ0n) is 14.4. The molecule has 0 fully saturated rings. The number of sulfonamides is 1. The largest absolute Gasteiger partial charge is 0.495 e. The summed E-state index contributed by atoms with van der Waals surface area (Å²) >= 11 is 0. The van der Waals surface area contributed by atoms with Gasteiger partial charge in [-0.15, -0.1) is 0 Å². The molecular weight excluding hydrogens is 318 g/mol. The SMILES string of the molecule is COc1ccc(N[C@H](C)C(=O)NC(C)(C)C)cc1NS(C)(=O)=O. The van der Waals surface area contributed by atoms with Crippen molar-refractivity contribution in [1.29, 1.82) is 0 Å². The first-order valence-corrected chi connectivity index (χ1v) is 9.05. The molecule has 8 heteroatoms. The molecule has 0 spiro atoms. The molecule has 1 atom stereocenters. The van der Waals surface area contributed by atoms with Crippen LogP contribution in [0.25, 0.3) is 0 Å². The van der Waals surface area contributed by atoms with Crippen LogP contribution in [0.1, 0.15) is 27.7 Å². The second kappa shape index (κ2) is 7.08. The summed E-state index contributed by atoms with van der Waals surface area (Å²) in [5.41, 5.74) is 0.590. The summed E-state index contributed by atoms with van der Waals surface area (Å²) < 4.78 is 30.4. The maximum atomic E-state index is 12.1. The minimum Gasteiger partial charge on any atom is -0.495 e. The molecule has 1 amide bonds. The number of nitrogens with one attached hydrogen (secondary N) is 3. The normalized spacial score (nSPS) is 13.1. The highest BCUT2D eigenvalue weighted by Gasteiger charge is 2.19. The van der Waals surface area contributed by atoms with Crippen molar-refractivity contribution < 1.29 is 17.9 Å². The standard InChI is InChI=1S/C15H25N3O4S/c1-10(14(19)17-15(2,3)4)16-11-7-8-13(22-5)12(9-11)18-23(6,20)21/h7-10,16,18H,1-6H3,(H,17,19)/t10-/m1/s1. The third-order valence-corrected chi connectivity index (χ3v) is 3.36. The number of ether oxygens (including phenoxy) is 1. The van der Waals surface area contributed by atoms with Crippen molar-refractivity contribution in [3.8, 4) is 5.75 Å². The zero-order chi connectivity index (χ0) is 17.8. The minimum absolute atomic E-state index is 0.147. The fourth-order valence-electron chi connectivity index (χ4n) is 1.87. The Hall–Kier alpha value is -1.96. The highest BCUT2D eigenvalue weighted by atomic mass is 32.2. The van der Waals surface area contributed by atoms with Crippen LogP contribution in [0.3, 0.4) is 0 Å². The van der Waals surface area contributed by atoms with Crippen molar-refractivity contribution in [3.63, 3.8) is 0 Å². The average Bonchev–Trinajstić information content (AvgIpc) is 2.35. The summed E-state index contributed by atoms with van der Waals surface area (Å²) in [6, 6.07) is 4.45. The predicted molar refractivity (Wildman–Crippen MR) is 92.4 cm³/mol. The van der Waals surface area contributed by atoms with Crippen LogP contribution in [0.15, 0.2) is 18.2 Å². The Bertz CT molecular complexity index is 666. The lowest BCUT2D eigenvalue weighted by atomic mass is 10.1. The Balaban J connectivity index is 2.93. The number of hydrogen-bond donors (Lipinski definition) is 3. The lowest BCUT2D eigenvalue weighted by molar-refractivity contribution is -0.122. The average molecular weight is 343 g/mol. The van der Waals surface area contributed by atoms with E-state index in [0.29, 0.717) is 17.1 Å². The fraction of sp³-hybridized carbons (Fsp3) is 0.533. The lowest BCUT2D eigenvalue weighted by Crippen LogP contribution is -2.47. The molecule has 1 aromatic carbocycles. The first kappa shape index (κ1) is 19.1. The van der Waals surface area contributed by atoms with Gasteiger partial charge in [0.2, 0.25) is 15.9 Å². The summed E-state index contributed by atoms with van der Waals surface area (Å²) in [7, 11) is -1.98. The van der Waals surface area contributed by atoms with Crippen LogP contribution in [0.5, 0.6) is 5.75 Å². The van der Waals surface area contributed by atoms with Crippen molar-refractivity contribution in [2.75, 3.05) is 23.4 Å². The topological polar surface area (TPSA) is 96.5 Å². The summed E-state index contributed by atoms with van der Waals surface area (Å²) in [6.07, 6.45) is 1.06. The Labute approximate surface area is 137 Å². The van der Waals surface area contributed by atoms with Gasteiger partial charge in [-0.2, -0.15) is 0 Å². The van der Waals surface area contributed by atoms with Gasteiger partial charge < -0.3 is 15.4 Å². The van der Waals surface area contributed by atoms with Crippen molar-refractivity contribution in [3.05, 3.63) is 18.2 Å². The second-order valence-electron chi connectivity index (χ2n) is 6.39. The van der Waals surface area contributed by atoms with E-state index < -0.39 is 16.1 Å². The quantitative estimate of drug-likeness (QED) is 0.732. The van der Waals surface area contributed by atoms with Crippen molar-refractivity contribution in [2.45, 2.75) is 39.3 Å². The summed E-state index contributed by atoms with van der Waals surface area (Å²) in [4.78, 5) is 12.1. The van der Waals surface area contributed by atoms with E-state index in [9.17, 15) is 13.2 Å².